The fourth-order valence-electron chi connectivity index (χ4n) is 2.47. The van der Waals surface area contributed by atoms with Crippen molar-refractivity contribution in [3.8, 4) is 0 Å². The van der Waals surface area contributed by atoms with Gasteiger partial charge in [0, 0.05) is 18.0 Å². The molecule has 94 valence electrons. The Hall–Kier alpha value is -0.830. The van der Waals surface area contributed by atoms with Gasteiger partial charge in [0.15, 0.2) is 0 Å². The Kier molecular flexibility index (Phi) is 3.30. The number of anilines is 1. The third-order valence-electron chi connectivity index (χ3n) is 3.40. The summed E-state index contributed by atoms with van der Waals surface area (Å²) in [5, 5.41) is 0. The maximum absolute atomic E-state index is 14.0. The monoisotopic (exact) mass is 259 g/mol. The van der Waals surface area contributed by atoms with Crippen molar-refractivity contribution < 1.29 is 8.78 Å². The van der Waals surface area contributed by atoms with Crippen LogP contribution in [0.2, 0.25) is 0 Å². The Balaban J connectivity index is 2.45. The molecule has 1 aliphatic rings. The zero-order chi connectivity index (χ0) is 12.6. The van der Waals surface area contributed by atoms with Crippen LogP contribution in [0.3, 0.4) is 0 Å². The lowest BCUT2D eigenvalue weighted by molar-refractivity contribution is 0.491. The number of nitrogens with zero attached hydrogens (tertiary/aromatic N) is 1. The van der Waals surface area contributed by atoms with Gasteiger partial charge in [0.1, 0.15) is 17.3 Å². The van der Waals surface area contributed by atoms with Crippen LogP contribution in [0.15, 0.2) is 12.1 Å². The van der Waals surface area contributed by atoms with Crippen molar-refractivity contribution in [2.75, 3.05) is 11.4 Å². The average molecular weight is 260 g/mol. The second-order valence-corrected chi connectivity index (χ2v) is 5.38. The first-order valence-corrected chi connectivity index (χ1v) is 6.30. The van der Waals surface area contributed by atoms with Gasteiger partial charge in [-0.1, -0.05) is 0 Å². The van der Waals surface area contributed by atoms with Crippen LogP contribution in [0.4, 0.5) is 14.5 Å². The Labute approximate surface area is 105 Å². The van der Waals surface area contributed by atoms with Gasteiger partial charge in [0.05, 0.1) is 0 Å². The van der Waals surface area contributed by atoms with Crippen LogP contribution >= 0.6 is 11.6 Å². The molecule has 0 atom stereocenters. The van der Waals surface area contributed by atoms with Crippen molar-refractivity contribution in [3.05, 3.63) is 29.3 Å². The zero-order valence-corrected chi connectivity index (χ0v) is 10.8. The van der Waals surface area contributed by atoms with Crippen molar-refractivity contribution in [1.29, 1.82) is 0 Å². The SMILES string of the molecule is CC1(C)CCCN1c1c(F)cc(CCl)cc1F. The molecule has 0 aromatic heterocycles. The largest absolute Gasteiger partial charge is 0.362 e. The van der Waals surface area contributed by atoms with Gasteiger partial charge in [-0.15, -0.1) is 11.6 Å². The molecule has 0 saturated carbocycles. The molecule has 4 heteroatoms. The lowest BCUT2D eigenvalue weighted by atomic mass is 10.0. The summed E-state index contributed by atoms with van der Waals surface area (Å²) in [6, 6.07) is 2.64. The molecule has 1 saturated heterocycles. The Morgan fingerprint density at radius 1 is 1.29 bits per heavy atom. The lowest BCUT2D eigenvalue weighted by Gasteiger charge is -2.34. The first-order chi connectivity index (χ1) is 7.95. The molecule has 1 heterocycles. The van der Waals surface area contributed by atoms with Crippen LogP contribution in [-0.4, -0.2) is 12.1 Å². The molecule has 1 fully saturated rings. The Morgan fingerprint density at radius 2 is 1.88 bits per heavy atom. The number of halogens is 3. The minimum absolute atomic E-state index is 0.0846. The van der Waals surface area contributed by atoms with E-state index in [0.29, 0.717) is 12.1 Å². The summed E-state index contributed by atoms with van der Waals surface area (Å²) in [7, 11) is 0. The summed E-state index contributed by atoms with van der Waals surface area (Å²) in [5.74, 6) is -0.913. The van der Waals surface area contributed by atoms with Gasteiger partial charge in [-0.25, -0.2) is 8.78 Å². The van der Waals surface area contributed by atoms with Gasteiger partial charge >= 0.3 is 0 Å². The van der Waals surface area contributed by atoms with Crippen molar-refractivity contribution in [2.45, 2.75) is 38.1 Å². The van der Waals surface area contributed by atoms with E-state index in [1.54, 1.807) is 0 Å². The summed E-state index contributed by atoms with van der Waals surface area (Å²) in [5.41, 5.74) is 0.369. The fourth-order valence-corrected chi connectivity index (χ4v) is 2.63. The topological polar surface area (TPSA) is 3.24 Å². The summed E-state index contributed by atoms with van der Waals surface area (Å²) < 4.78 is 27.9. The summed E-state index contributed by atoms with van der Waals surface area (Å²) in [6.07, 6.45) is 1.91. The van der Waals surface area contributed by atoms with Crippen LogP contribution in [0.25, 0.3) is 0 Å². The number of alkyl halides is 1. The third kappa shape index (κ3) is 2.25. The Bertz CT molecular complexity index is 408. The van der Waals surface area contributed by atoms with Gasteiger partial charge in [0.2, 0.25) is 0 Å². The van der Waals surface area contributed by atoms with E-state index in [2.05, 4.69) is 0 Å². The van der Waals surface area contributed by atoms with Gasteiger partial charge in [-0.3, -0.25) is 0 Å². The molecule has 2 rings (SSSR count). The lowest BCUT2D eigenvalue weighted by Crippen LogP contribution is -2.39. The highest BCUT2D eigenvalue weighted by Crippen LogP contribution is 2.37. The molecule has 1 aromatic carbocycles. The fraction of sp³-hybridized carbons (Fsp3) is 0.538. The Morgan fingerprint density at radius 3 is 2.29 bits per heavy atom. The summed E-state index contributed by atoms with van der Waals surface area (Å²) in [6.45, 7) is 4.71. The summed E-state index contributed by atoms with van der Waals surface area (Å²) >= 11 is 5.59. The molecule has 1 nitrogen and oxygen atoms in total. The van der Waals surface area contributed by atoms with Crippen LogP contribution in [0.5, 0.6) is 0 Å². The van der Waals surface area contributed by atoms with E-state index in [0.717, 1.165) is 12.8 Å². The highest BCUT2D eigenvalue weighted by Gasteiger charge is 2.35. The maximum atomic E-state index is 14.0. The normalized spacial score (nSPS) is 18.8. The predicted octanol–water partition coefficient (Wildman–Crippen LogP) is 4.08. The van der Waals surface area contributed by atoms with E-state index < -0.39 is 11.6 Å². The van der Waals surface area contributed by atoms with E-state index in [1.165, 1.54) is 12.1 Å². The van der Waals surface area contributed by atoms with E-state index in [9.17, 15) is 8.78 Å². The first kappa shape index (κ1) is 12.6. The maximum Gasteiger partial charge on any atom is 0.149 e. The molecular weight excluding hydrogens is 244 g/mol. The van der Waals surface area contributed by atoms with Crippen molar-refractivity contribution in [3.63, 3.8) is 0 Å². The number of benzene rings is 1. The molecule has 0 spiro atoms. The smallest absolute Gasteiger partial charge is 0.149 e. The molecule has 0 radical (unpaired) electrons. The van der Waals surface area contributed by atoms with Crippen LogP contribution in [0, 0.1) is 11.6 Å². The third-order valence-corrected chi connectivity index (χ3v) is 3.71. The standard InChI is InChI=1S/C13H16ClF2N/c1-13(2)4-3-5-17(13)12-10(15)6-9(8-14)7-11(12)16/h6-7H,3-5,8H2,1-2H3. The molecule has 0 unspecified atom stereocenters. The number of rotatable bonds is 2. The molecule has 0 aliphatic carbocycles. The summed E-state index contributed by atoms with van der Waals surface area (Å²) in [4.78, 5) is 1.82. The quantitative estimate of drug-likeness (QED) is 0.724. The second-order valence-electron chi connectivity index (χ2n) is 5.11. The van der Waals surface area contributed by atoms with Gasteiger partial charge in [-0.2, -0.15) is 0 Å². The molecule has 0 N–H and O–H groups in total. The van der Waals surface area contributed by atoms with Crippen molar-refractivity contribution in [1.82, 2.24) is 0 Å². The van der Waals surface area contributed by atoms with E-state index in [1.807, 2.05) is 18.7 Å². The molecular formula is C13H16ClF2N. The van der Waals surface area contributed by atoms with Gasteiger partial charge in [0.25, 0.3) is 0 Å². The highest BCUT2D eigenvalue weighted by molar-refractivity contribution is 6.17. The second kappa shape index (κ2) is 4.45. The van der Waals surface area contributed by atoms with E-state index in [4.69, 9.17) is 11.6 Å². The van der Waals surface area contributed by atoms with Gasteiger partial charge in [-0.05, 0) is 44.4 Å². The molecule has 0 bridgehead atoms. The minimum atomic E-state index is -0.518. The minimum Gasteiger partial charge on any atom is -0.362 e. The number of hydrogen-bond donors (Lipinski definition) is 0. The van der Waals surface area contributed by atoms with Crippen LogP contribution in [-0.2, 0) is 5.88 Å². The number of hydrogen-bond acceptors (Lipinski definition) is 1. The predicted molar refractivity (Wildman–Crippen MR) is 66.6 cm³/mol. The molecule has 1 aromatic rings. The molecule has 0 amide bonds. The van der Waals surface area contributed by atoms with Crippen LogP contribution < -0.4 is 4.90 Å². The van der Waals surface area contributed by atoms with Gasteiger partial charge < -0.3 is 4.90 Å². The van der Waals surface area contributed by atoms with Crippen molar-refractivity contribution >= 4 is 17.3 Å². The molecule has 1 aliphatic heterocycles. The highest BCUT2D eigenvalue weighted by atomic mass is 35.5. The average Bonchev–Trinajstić information content (AvgIpc) is 2.57. The first-order valence-electron chi connectivity index (χ1n) is 5.77. The molecule has 17 heavy (non-hydrogen) atoms. The van der Waals surface area contributed by atoms with E-state index >= 15 is 0 Å². The van der Waals surface area contributed by atoms with Crippen molar-refractivity contribution in [2.24, 2.45) is 0 Å². The zero-order valence-electron chi connectivity index (χ0n) is 10.1. The van der Waals surface area contributed by atoms with Crippen LogP contribution in [0.1, 0.15) is 32.3 Å². The van der Waals surface area contributed by atoms with E-state index in [-0.39, 0.29) is 17.1 Å².